The van der Waals surface area contributed by atoms with Gasteiger partial charge in [0, 0.05) is 38.9 Å². The van der Waals surface area contributed by atoms with E-state index in [9.17, 15) is 9.59 Å². The van der Waals surface area contributed by atoms with Gasteiger partial charge < -0.3 is 25.7 Å². The second kappa shape index (κ2) is 7.66. The van der Waals surface area contributed by atoms with E-state index >= 15 is 0 Å². The maximum atomic E-state index is 12.1. The molecule has 0 saturated heterocycles. The second-order valence-electron chi connectivity index (χ2n) is 4.39. The lowest BCUT2D eigenvalue weighted by molar-refractivity contribution is 0.0950. The first-order chi connectivity index (χ1) is 9.52. The molecule has 0 aromatic carbocycles. The summed E-state index contributed by atoms with van der Waals surface area (Å²) in [4.78, 5) is 24.1. The predicted octanol–water partition coefficient (Wildman–Crippen LogP) is -1.02. The van der Waals surface area contributed by atoms with Crippen LogP contribution in [0.1, 0.15) is 16.1 Å². The summed E-state index contributed by atoms with van der Waals surface area (Å²) in [5.74, 6) is -0.261. The molecule has 0 bridgehead atoms. The monoisotopic (exact) mass is 282 g/mol. The van der Waals surface area contributed by atoms with Crippen molar-refractivity contribution in [2.24, 2.45) is 12.8 Å². The minimum absolute atomic E-state index is 0.0607. The molecule has 0 saturated carbocycles. The highest BCUT2D eigenvalue weighted by Crippen LogP contribution is 2.13. The Kier molecular flexibility index (Phi) is 6.20. The fourth-order valence-corrected chi connectivity index (χ4v) is 1.75. The van der Waals surface area contributed by atoms with Crippen LogP contribution in [0.2, 0.25) is 0 Å². The van der Waals surface area contributed by atoms with Crippen LogP contribution in [0.15, 0.2) is 10.9 Å². The van der Waals surface area contributed by atoms with Crippen LogP contribution in [0.4, 0.5) is 0 Å². The zero-order chi connectivity index (χ0) is 15.1. The Balaban J connectivity index is 2.80. The third-order valence-electron chi connectivity index (χ3n) is 2.98. The molecule has 1 aromatic heterocycles. The van der Waals surface area contributed by atoms with E-state index in [-0.39, 0.29) is 22.8 Å². The van der Waals surface area contributed by atoms with E-state index in [2.05, 4.69) is 10.6 Å². The number of nitrogens with two attached hydrogens (primary N) is 1. The molecule has 1 rings (SSSR count). The Morgan fingerprint density at radius 1 is 1.40 bits per heavy atom. The van der Waals surface area contributed by atoms with Crippen LogP contribution >= 0.6 is 0 Å². The normalized spacial score (nSPS) is 10.4. The molecule has 1 amide bonds. The highest BCUT2D eigenvalue weighted by atomic mass is 16.5. The SMILES string of the molecule is COc1c(C(=O)NCCNCCN)cc(C)n(C)c1=O. The first-order valence-corrected chi connectivity index (χ1v) is 6.46. The number of pyridine rings is 1. The lowest BCUT2D eigenvalue weighted by Crippen LogP contribution is -2.35. The van der Waals surface area contributed by atoms with Crippen LogP contribution in [0.3, 0.4) is 0 Å². The first-order valence-electron chi connectivity index (χ1n) is 6.46. The summed E-state index contributed by atoms with van der Waals surface area (Å²) >= 11 is 0. The first kappa shape index (κ1) is 16.2. The van der Waals surface area contributed by atoms with E-state index in [4.69, 9.17) is 10.5 Å². The largest absolute Gasteiger partial charge is 0.491 e. The molecule has 112 valence electrons. The van der Waals surface area contributed by atoms with Crippen molar-refractivity contribution >= 4 is 5.91 Å². The summed E-state index contributed by atoms with van der Waals surface area (Å²) in [6.45, 7) is 4.09. The number of ether oxygens (including phenoxy) is 1. The van der Waals surface area contributed by atoms with Crippen molar-refractivity contribution in [2.45, 2.75) is 6.92 Å². The molecule has 20 heavy (non-hydrogen) atoms. The third-order valence-corrected chi connectivity index (χ3v) is 2.98. The number of hydrogen-bond acceptors (Lipinski definition) is 5. The van der Waals surface area contributed by atoms with Crippen LogP contribution in [0.5, 0.6) is 5.75 Å². The van der Waals surface area contributed by atoms with Gasteiger partial charge in [0.1, 0.15) is 0 Å². The second-order valence-corrected chi connectivity index (χ2v) is 4.39. The van der Waals surface area contributed by atoms with E-state index in [0.717, 1.165) is 0 Å². The van der Waals surface area contributed by atoms with E-state index in [0.29, 0.717) is 31.9 Å². The summed E-state index contributed by atoms with van der Waals surface area (Å²) in [5.41, 5.74) is 5.98. The van der Waals surface area contributed by atoms with Gasteiger partial charge in [-0.1, -0.05) is 0 Å². The number of hydrogen-bond donors (Lipinski definition) is 3. The number of methoxy groups -OCH3 is 1. The number of aryl methyl sites for hydroxylation is 1. The molecule has 0 unspecified atom stereocenters. The van der Waals surface area contributed by atoms with Gasteiger partial charge in [0.15, 0.2) is 5.75 Å². The van der Waals surface area contributed by atoms with Crippen molar-refractivity contribution in [3.8, 4) is 5.75 Å². The molecule has 0 aliphatic rings. The van der Waals surface area contributed by atoms with E-state index in [1.807, 2.05) is 0 Å². The summed E-state index contributed by atoms with van der Waals surface area (Å²) in [6.07, 6.45) is 0. The number of carbonyl (C=O) groups excluding carboxylic acids is 1. The number of carbonyl (C=O) groups is 1. The molecule has 0 atom stereocenters. The van der Waals surface area contributed by atoms with Crippen LogP contribution in [-0.4, -0.2) is 43.8 Å². The Morgan fingerprint density at radius 3 is 2.70 bits per heavy atom. The Morgan fingerprint density at radius 2 is 2.10 bits per heavy atom. The number of rotatable bonds is 7. The van der Waals surface area contributed by atoms with E-state index in [1.54, 1.807) is 20.0 Å². The van der Waals surface area contributed by atoms with Crippen LogP contribution in [0, 0.1) is 6.92 Å². The average Bonchev–Trinajstić information content (AvgIpc) is 2.44. The molecule has 1 heterocycles. The summed E-state index contributed by atoms with van der Waals surface area (Å²) in [6, 6.07) is 1.64. The van der Waals surface area contributed by atoms with Gasteiger partial charge in [-0.2, -0.15) is 0 Å². The minimum atomic E-state index is -0.322. The highest BCUT2D eigenvalue weighted by molar-refractivity contribution is 5.96. The molecule has 0 radical (unpaired) electrons. The van der Waals surface area contributed by atoms with E-state index < -0.39 is 0 Å². The molecule has 7 nitrogen and oxygen atoms in total. The maximum Gasteiger partial charge on any atom is 0.293 e. The molecule has 0 aliphatic heterocycles. The van der Waals surface area contributed by atoms with Crippen LogP contribution in [-0.2, 0) is 7.05 Å². The summed E-state index contributed by atoms with van der Waals surface area (Å²) in [5, 5.41) is 5.80. The fourth-order valence-electron chi connectivity index (χ4n) is 1.75. The van der Waals surface area contributed by atoms with Crippen molar-refractivity contribution in [1.82, 2.24) is 15.2 Å². The molecular formula is C13H22N4O3. The van der Waals surface area contributed by atoms with Crippen molar-refractivity contribution in [1.29, 1.82) is 0 Å². The number of nitrogens with one attached hydrogen (secondary N) is 2. The van der Waals surface area contributed by atoms with Gasteiger partial charge in [-0.15, -0.1) is 0 Å². The molecule has 1 aromatic rings. The van der Waals surface area contributed by atoms with Gasteiger partial charge in [0.05, 0.1) is 12.7 Å². The molecular weight excluding hydrogens is 260 g/mol. The quantitative estimate of drug-likeness (QED) is 0.556. The molecule has 0 aliphatic carbocycles. The number of aromatic nitrogens is 1. The van der Waals surface area contributed by atoms with Crippen molar-refractivity contribution in [3.63, 3.8) is 0 Å². The van der Waals surface area contributed by atoms with Gasteiger partial charge in [-0.05, 0) is 13.0 Å². The Hall–Kier alpha value is -1.86. The van der Waals surface area contributed by atoms with Crippen molar-refractivity contribution in [2.75, 3.05) is 33.3 Å². The molecule has 4 N–H and O–H groups in total. The third kappa shape index (κ3) is 3.82. The van der Waals surface area contributed by atoms with Crippen LogP contribution in [0.25, 0.3) is 0 Å². The molecule has 7 heteroatoms. The topological polar surface area (TPSA) is 98.4 Å². The van der Waals surface area contributed by atoms with Gasteiger partial charge in [-0.3, -0.25) is 9.59 Å². The highest BCUT2D eigenvalue weighted by Gasteiger charge is 2.17. The standard InChI is InChI=1S/C13H22N4O3/c1-9-8-10(11(20-3)13(19)17(9)2)12(18)16-7-6-15-5-4-14/h8,15H,4-7,14H2,1-3H3,(H,16,18). The Bertz CT molecular complexity index is 525. The zero-order valence-corrected chi connectivity index (χ0v) is 12.2. The summed E-state index contributed by atoms with van der Waals surface area (Å²) in [7, 11) is 3.02. The van der Waals surface area contributed by atoms with Gasteiger partial charge in [-0.25, -0.2) is 0 Å². The van der Waals surface area contributed by atoms with Crippen molar-refractivity contribution < 1.29 is 9.53 Å². The zero-order valence-electron chi connectivity index (χ0n) is 12.2. The molecule has 0 spiro atoms. The van der Waals surface area contributed by atoms with Crippen molar-refractivity contribution in [3.05, 3.63) is 27.7 Å². The van der Waals surface area contributed by atoms with Crippen LogP contribution < -0.4 is 26.7 Å². The van der Waals surface area contributed by atoms with E-state index in [1.165, 1.54) is 11.7 Å². The number of amides is 1. The lowest BCUT2D eigenvalue weighted by atomic mass is 10.2. The fraction of sp³-hybridized carbons (Fsp3) is 0.538. The molecule has 0 fully saturated rings. The van der Waals surface area contributed by atoms with Gasteiger partial charge >= 0.3 is 0 Å². The maximum absolute atomic E-state index is 12.1. The Labute approximate surface area is 118 Å². The predicted molar refractivity (Wildman–Crippen MR) is 77.2 cm³/mol. The number of nitrogens with zero attached hydrogens (tertiary/aromatic N) is 1. The van der Waals surface area contributed by atoms with Gasteiger partial charge in [0.25, 0.3) is 11.5 Å². The summed E-state index contributed by atoms with van der Waals surface area (Å²) < 4.78 is 6.49. The van der Waals surface area contributed by atoms with Gasteiger partial charge in [0.2, 0.25) is 0 Å². The average molecular weight is 282 g/mol. The smallest absolute Gasteiger partial charge is 0.293 e. The minimum Gasteiger partial charge on any atom is -0.491 e. The lowest BCUT2D eigenvalue weighted by Gasteiger charge is -2.12.